The van der Waals surface area contributed by atoms with E-state index in [2.05, 4.69) is 35.9 Å². The van der Waals surface area contributed by atoms with Crippen LogP contribution in [0.25, 0.3) is 0 Å². The van der Waals surface area contributed by atoms with Gasteiger partial charge in [0.1, 0.15) is 0 Å². The van der Waals surface area contributed by atoms with E-state index < -0.39 is 0 Å². The molecule has 1 rings (SSSR count). The minimum atomic E-state index is 0.731. The molecular weight excluding hydrogens is 156 g/mol. The molecule has 0 saturated heterocycles. The van der Waals surface area contributed by atoms with Crippen LogP contribution in [0, 0.1) is 0 Å². The number of nitrogens with one attached hydrogen (secondary N) is 1. The summed E-state index contributed by atoms with van der Waals surface area (Å²) in [5.74, 6) is 5.18. The smallest absolute Gasteiger partial charge is 0.0348 e. The normalized spacial score (nSPS) is 10.0. The highest BCUT2D eigenvalue weighted by atomic mass is 32.2. The lowest BCUT2D eigenvalue weighted by atomic mass is 10.2. The van der Waals surface area contributed by atoms with Crippen molar-refractivity contribution in [1.82, 2.24) is 5.43 Å². The van der Waals surface area contributed by atoms with Crippen LogP contribution in [0.3, 0.4) is 0 Å². The summed E-state index contributed by atoms with van der Waals surface area (Å²) in [6, 6.07) is 8.34. The van der Waals surface area contributed by atoms with E-state index >= 15 is 0 Å². The molecule has 0 amide bonds. The van der Waals surface area contributed by atoms with Crippen molar-refractivity contribution in [2.24, 2.45) is 5.84 Å². The molecule has 0 aromatic heterocycles. The predicted octanol–water partition coefficient (Wildman–Crippen LogP) is 1.37. The number of rotatable bonds is 3. The average molecular weight is 168 g/mol. The van der Waals surface area contributed by atoms with Gasteiger partial charge in [0, 0.05) is 11.4 Å². The lowest BCUT2D eigenvalue weighted by molar-refractivity contribution is 0.741. The van der Waals surface area contributed by atoms with E-state index in [-0.39, 0.29) is 0 Å². The monoisotopic (exact) mass is 168 g/mol. The summed E-state index contributed by atoms with van der Waals surface area (Å²) in [4.78, 5) is 1.28. The third-order valence-electron chi connectivity index (χ3n) is 1.47. The molecule has 2 nitrogen and oxygen atoms in total. The Hall–Kier alpha value is -0.510. The van der Waals surface area contributed by atoms with Gasteiger partial charge in [-0.1, -0.05) is 12.1 Å². The molecule has 0 unspecified atom stereocenters. The molecule has 1 aromatic carbocycles. The fraction of sp³-hybridized carbons (Fsp3) is 0.250. The molecule has 0 spiro atoms. The highest BCUT2D eigenvalue weighted by molar-refractivity contribution is 7.98. The lowest BCUT2D eigenvalue weighted by Gasteiger charge is -2.00. The highest BCUT2D eigenvalue weighted by Crippen LogP contribution is 2.14. The molecular formula is C8H12N2S. The summed E-state index contributed by atoms with van der Waals surface area (Å²) in [5, 5.41) is 0. The van der Waals surface area contributed by atoms with Crippen LogP contribution >= 0.6 is 11.8 Å². The van der Waals surface area contributed by atoms with Crippen LogP contribution in [0.4, 0.5) is 0 Å². The number of benzene rings is 1. The minimum absolute atomic E-state index is 0.731. The van der Waals surface area contributed by atoms with Crippen LogP contribution in [0.5, 0.6) is 0 Å². The van der Waals surface area contributed by atoms with Crippen LogP contribution in [0.1, 0.15) is 5.56 Å². The number of hydrazine groups is 1. The van der Waals surface area contributed by atoms with Crippen LogP contribution in [0.2, 0.25) is 0 Å². The molecule has 1 aromatic rings. The maximum atomic E-state index is 5.18. The SMILES string of the molecule is CSc1ccc(CNN)cc1. The van der Waals surface area contributed by atoms with E-state index in [1.165, 1.54) is 10.5 Å². The Morgan fingerprint density at radius 2 is 2.00 bits per heavy atom. The quantitative estimate of drug-likeness (QED) is 0.407. The molecule has 3 heteroatoms. The van der Waals surface area contributed by atoms with E-state index in [1.54, 1.807) is 11.8 Å². The van der Waals surface area contributed by atoms with Gasteiger partial charge < -0.3 is 0 Å². The van der Waals surface area contributed by atoms with E-state index in [4.69, 9.17) is 5.84 Å². The van der Waals surface area contributed by atoms with Crippen molar-refractivity contribution in [2.45, 2.75) is 11.4 Å². The van der Waals surface area contributed by atoms with Gasteiger partial charge in [-0.15, -0.1) is 11.8 Å². The van der Waals surface area contributed by atoms with Gasteiger partial charge in [-0.05, 0) is 24.0 Å². The molecule has 0 aliphatic carbocycles. The largest absolute Gasteiger partial charge is 0.271 e. The predicted molar refractivity (Wildman–Crippen MR) is 49.3 cm³/mol. The first-order chi connectivity index (χ1) is 5.36. The Morgan fingerprint density at radius 3 is 2.45 bits per heavy atom. The van der Waals surface area contributed by atoms with Gasteiger partial charge in [0.05, 0.1) is 0 Å². The number of nitrogens with two attached hydrogens (primary N) is 1. The summed E-state index contributed by atoms with van der Waals surface area (Å²) in [7, 11) is 0. The van der Waals surface area contributed by atoms with Crippen molar-refractivity contribution < 1.29 is 0 Å². The minimum Gasteiger partial charge on any atom is -0.271 e. The van der Waals surface area contributed by atoms with E-state index in [0.717, 1.165) is 6.54 Å². The van der Waals surface area contributed by atoms with Crippen LogP contribution in [-0.2, 0) is 6.54 Å². The van der Waals surface area contributed by atoms with Gasteiger partial charge in [0.2, 0.25) is 0 Å². The third kappa shape index (κ3) is 2.54. The Kier molecular flexibility index (Phi) is 3.42. The first-order valence-corrected chi connectivity index (χ1v) is 4.65. The van der Waals surface area contributed by atoms with Crippen molar-refractivity contribution >= 4 is 11.8 Å². The van der Waals surface area contributed by atoms with Gasteiger partial charge in [-0.2, -0.15) is 0 Å². The van der Waals surface area contributed by atoms with Crippen molar-refractivity contribution in [3.63, 3.8) is 0 Å². The second-order valence-electron chi connectivity index (χ2n) is 2.23. The van der Waals surface area contributed by atoms with Gasteiger partial charge in [0.15, 0.2) is 0 Å². The molecule has 3 N–H and O–H groups in total. The van der Waals surface area contributed by atoms with Crippen molar-refractivity contribution in [1.29, 1.82) is 0 Å². The van der Waals surface area contributed by atoms with Crippen molar-refractivity contribution in [2.75, 3.05) is 6.26 Å². The molecule has 0 heterocycles. The second kappa shape index (κ2) is 4.38. The molecule has 0 atom stereocenters. The first-order valence-electron chi connectivity index (χ1n) is 3.43. The average Bonchev–Trinajstić information content (AvgIpc) is 2.07. The van der Waals surface area contributed by atoms with Crippen molar-refractivity contribution in [3.8, 4) is 0 Å². The molecule has 0 fully saturated rings. The number of thioether (sulfide) groups is 1. The topological polar surface area (TPSA) is 38.0 Å². The molecule has 11 heavy (non-hydrogen) atoms. The molecule has 0 aliphatic rings. The van der Waals surface area contributed by atoms with Crippen LogP contribution in [-0.4, -0.2) is 6.26 Å². The zero-order chi connectivity index (χ0) is 8.10. The van der Waals surface area contributed by atoms with E-state index in [0.29, 0.717) is 0 Å². The second-order valence-corrected chi connectivity index (χ2v) is 3.11. The molecule has 0 aliphatic heterocycles. The van der Waals surface area contributed by atoms with Gasteiger partial charge >= 0.3 is 0 Å². The molecule has 60 valence electrons. The Labute approximate surface area is 71.1 Å². The molecule has 0 bridgehead atoms. The van der Waals surface area contributed by atoms with Gasteiger partial charge in [-0.3, -0.25) is 11.3 Å². The van der Waals surface area contributed by atoms with Crippen LogP contribution < -0.4 is 11.3 Å². The molecule has 0 radical (unpaired) electrons. The Bertz CT molecular complexity index is 208. The standard InChI is InChI=1S/C8H12N2S/c1-11-8-4-2-7(3-5-8)6-10-9/h2-5,10H,6,9H2,1H3. The Balaban J connectivity index is 2.66. The van der Waals surface area contributed by atoms with E-state index in [1.807, 2.05) is 0 Å². The lowest BCUT2D eigenvalue weighted by Crippen LogP contribution is -2.20. The van der Waals surface area contributed by atoms with Crippen molar-refractivity contribution in [3.05, 3.63) is 29.8 Å². The first kappa shape index (κ1) is 8.59. The third-order valence-corrected chi connectivity index (χ3v) is 2.21. The maximum absolute atomic E-state index is 5.18. The fourth-order valence-electron chi connectivity index (χ4n) is 0.861. The fourth-order valence-corrected chi connectivity index (χ4v) is 1.27. The Morgan fingerprint density at radius 1 is 1.36 bits per heavy atom. The zero-order valence-corrected chi connectivity index (χ0v) is 7.32. The summed E-state index contributed by atoms with van der Waals surface area (Å²) < 4.78 is 0. The zero-order valence-electron chi connectivity index (χ0n) is 6.50. The number of hydrogen-bond donors (Lipinski definition) is 2. The summed E-state index contributed by atoms with van der Waals surface area (Å²) in [5.41, 5.74) is 3.83. The van der Waals surface area contributed by atoms with Gasteiger partial charge in [0.25, 0.3) is 0 Å². The molecule has 0 saturated carbocycles. The summed E-state index contributed by atoms with van der Waals surface area (Å²) in [6.07, 6.45) is 2.07. The summed E-state index contributed by atoms with van der Waals surface area (Å²) >= 11 is 1.74. The van der Waals surface area contributed by atoms with Gasteiger partial charge in [-0.25, -0.2) is 0 Å². The number of hydrogen-bond acceptors (Lipinski definition) is 3. The highest BCUT2D eigenvalue weighted by Gasteiger charge is 1.90. The van der Waals surface area contributed by atoms with E-state index in [9.17, 15) is 0 Å². The van der Waals surface area contributed by atoms with Crippen LogP contribution in [0.15, 0.2) is 29.2 Å². The maximum Gasteiger partial charge on any atom is 0.0348 e. The summed E-state index contributed by atoms with van der Waals surface area (Å²) in [6.45, 7) is 0.731.